The van der Waals surface area contributed by atoms with Crippen molar-refractivity contribution in [1.29, 1.82) is 0 Å². The Morgan fingerprint density at radius 3 is 2.55 bits per heavy atom. The van der Waals surface area contributed by atoms with E-state index in [9.17, 15) is 13.2 Å². The number of benzene rings is 2. The van der Waals surface area contributed by atoms with Gasteiger partial charge in [0.05, 0.1) is 9.92 Å². The summed E-state index contributed by atoms with van der Waals surface area (Å²) in [7, 11) is -3.78. The molecule has 0 saturated carbocycles. The highest BCUT2D eigenvalue weighted by atomic mass is 35.5. The summed E-state index contributed by atoms with van der Waals surface area (Å²) in [6.45, 7) is 2.33. The summed E-state index contributed by atoms with van der Waals surface area (Å²) in [5.41, 5.74) is 2.37. The van der Waals surface area contributed by atoms with Crippen LogP contribution in [0.3, 0.4) is 0 Å². The monoisotopic (exact) mass is 457 g/mol. The number of anilines is 1. The Bertz CT molecular complexity index is 1250. The van der Waals surface area contributed by atoms with Crippen LogP contribution in [0.1, 0.15) is 23.6 Å². The highest BCUT2D eigenvalue weighted by Crippen LogP contribution is 2.37. The fraction of sp³-hybridized carbons (Fsp3) is 0.182. The van der Waals surface area contributed by atoms with Gasteiger partial charge < -0.3 is 9.64 Å². The minimum Gasteiger partial charge on any atom is -0.437 e. The molecular weight excluding hydrogens is 438 g/mol. The quantitative estimate of drug-likeness (QED) is 0.623. The number of hydrogen-bond acceptors (Lipinski definition) is 5. The molecule has 0 spiro atoms. The minimum atomic E-state index is -3.78. The Morgan fingerprint density at radius 2 is 1.87 bits per heavy atom. The van der Waals surface area contributed by atoms with Gasteiger partial charge in [-0.05, 0) is 55.0 Å². The van der Waals surface area contributed by atoms with E-state index >= 15 is 0 Å². The van der Waals surface area contributed by atoms with Gasteiger partial charge in [0.25, 0.3) is 0 Å². The Labute approximate surface area is 185 Å². The number of hydrogen-bond donors (Lipinski definition) is 1. The minimum absolute atomic E-state index is 0.00342. The third-order valence-electron chi connectivity index (χ3n) is 5.11. The maximum absolute atomic E-state index is 12.6. The Morgan fingerprint density at radius 1 is 1.13 bits per heavy atom. The molecule has 1 saturated heterocycles. The molecule has 4 rings (SSSR count). The van der Waals surface area contributed by atoms with Crippen LogP contribution in [0.4, 0.5) is 5.69 Å². The zero-order valence-electron chi connectivity index (χ0n) is 16.7. The molecule has 0 radical (unpaired) electrons. The first-order valence-corrected chi connectivity index (χ1v) is 11.5. The van der Waals surface area contributed by atoms with Crippen LogP contribution in [0, 0.1) is 6.92 Å². The summed E-state index contributed by atoms with van der Waals surface area (Å²) < 4.78 is 28.8. The van der Waals surface area contributed by atoms with E-state index in [1.807, 2.05) is 31.2 Å². The molecule has 1 aliphatic heterocycles. The maximum Gasteiger partial charge on any atom is 0.238 e. The van der Waals surface area contributed by atoms with Crippen LogP contribution in [0.5, 0.6) is 11.6 Å². The largest absolute Gasteiger partial charge is 0.437 e. The lowest BCUT2D eigenvalue weighted by molar-refractivity contribution is -0.117. The average molecular weight is 458 g/mol. The van der Waals surface area contributed by atoms with E-state index in [-0.39, 0.29) is 16.7 Å². The van der Waals surface area contributed by atoms with Crippen molar-refractivity contribution in [2.75, 3.05) is 11.4 Å². The Hall–Kier alpha value is -2.94. The number of aryl methyl sites for hydroxylation is 1. The normalized spacial score (nSPS) is 16.5. The summed E-state index contributed by atoms with van der Waals surface area (Å²) in [6, 6.07) is 16.9. The standard InChI is InChI=1S/C22H20ClN3O4S/c1-14-3-2-4-21(25-14)30-20-11-15(5-10-19(20)23)16-12-22(27)26(13-16)17-6-8-18(9-7-17)31(24,28)29/h2-11,16H,12-13H2,1H3,(H2,24,28,29)/t16-/m0/s1. The molecule has 1 aromatic heterocycles. The van der Waals surface area contributed by atoms with Gasteiger partial charge in [0, 0.05) is 36.3 Å². The number of rotatable bonds is 5. The molecule has 2 aromatic carbocycles. The zero-order chi connectivity index (χ0) is 22.2. The van der Waals surface area contributed by atoms with Crippen LogP contribution in [0.2, 0.25) is 5.02 Å². The Kier molecular flexibility index (Phi) is 5.70. The Balaban J connectivity index is 1.55. The molecule has 31 heavy (non-hydrogen) atoms. The maximum atomic E-state index is 12.6. The molecule has 1 atom stereocenters. The van der Waals surface area contributed by atoms with Gasteiger partial charge in [-0.25, -0.2) is 18.5 Å². The van der Waals surface area contributed by atoms with Gasteiger partial charge >= 0.3 is 0 Å². The van der Waals surface area contributed by atoms with E-state index in [2.05, 4.69) is 4.98 Å². The first kappa shape index (κ1) is 21.3. The van der Waals surface area contributed by atoms with Gasteiger partial charge in [-0.1, -0.05) is 23.7 Å². The van der Waals surface area contributed by atoms with Crippen molar-refractivity contribution in [2.24, 2.45) is 5.14 Å². The van der Waals surface area contributed by atoms with Crippen LogP contribution >= 0.6 is 11.6 Å². The molecule has 1 aliphatic rings. The van der Waals surface area contributed by atoms with E-state index in [1.165, 1.54) is 12.1 Å². The van der Waals surface area contributed by atoms with E-state index in [1.54, 1.807) is 29.2 Å². The van der Waals surface area contributed by atoms with Crippen molar-refractivity contribution < 1.29 is 17.9 Å². The number of nitrogens with two attached hydrogens (primary N) is 1. The van der Waals surface area contributed by atoms with Crippen LogP contribution in [0.25, 0.3) is 0 Å². The predicted octanol–water partition coefficient (Wildman–Crippen LogP) is 4.00. The first-order chi connectivity index (χ1) is 14.7. The highest BCUT2D eigenvalue weighted by molar-refractivity contribution is 7.89. The number of amides is 1. The number of pyridine rings is 1. The second-order valence-corrected chi connectivity index (χ2v) is 9.32. The summed E-state index contributed by atoms with van der Waals surface area (Å²) in [5, 5.41) is 5.59. The highest BCUT2D eigenvalue weighted by Gasteiger charge is 2.32. The molecule has 1 amide bonds. The molecule has 0 aliphatic carbocycles. The SMILES string of the molecule is Cc1cccc(Oc2cc([C@H]3CC(=O)N(c4ccc(S(N)(=O)=O)cc4)C3)ccc2Cl)n1. The van der Waals surface area contributed by atoms with Crippen molar-refractivity contribution in [3.8, 4) is 11.6 Å². The van der Waals surface area contributed by atoms with Crippen LogP contribution in [-0.2, 0) is 14.8 Å². The van der Waals surface area contributed by atoms with E-state index in [0.717, 1.165) is 11.3 Å². The number of ether oxygens (including phenoxy) is 1. The summed E-state index contributed by atoms with van der Waals surface area (Å²) in [4.78, 5) is 18.6. The molecule has 2 N–H and O–H groups in total. The van der Waals surface area contributed by atoms with Gasteiger partial charge in [0.1, 0.15) is 5.75 Å². The number of primary sulfonamides is 1. The van der Waals surface area contributed by atoms with Gasteiger partial charge in [-0.2, -0.15) is 0 Å². The number of aromatic nitrogens is 1. The van der Waals surface area contributed by atoms with Crippen LogP contribution in [0.15, 0.2) is 65.6 Å². The van der Waals surface area contributed by atoms with E-state index in [4.69, 9.17) is 21.5 Å². The van der Waals surface area contributed by atoms with Crippen molar-refractivity contribution in [3.05, 3.63) is 76.9 Å². The summed E-state index contributed by atoms with van der Waals surface area (Å²) >= 11 is 6.31. The fourth-order valence-electron chi connectivity index (χ4n) is 3.54. The molecule has 3 aromatic rings. The van der Waals surface area contributed by atoms with Gasteiger partial charge in [-0.15, -0.1) is 0 Å². The van der Waals surface area contributed by atoms with Gasteiger partial charge in [0.2, 0.25) is 21.8 Å². The molecule has 0 bridgehead atoms. The van der Waals surface area contributed by atoms with Crippen molar-refractivity contribution in [2.45, 2.75) is 24.2 Å². The van der Waals surface area contributed by atoms with Crippen molar-refractivity contribution in [1.82, 2.24) is 4.98 Å². The topological polar surface area (TPSA) is 103 Å². The van der Waals surface area contributed by atoms with Crippen LogP contribution in [-0.4, -0.2) is 25.9 Å². The van der Waals surface area contributed by atoms with Crippen LogP contribution < -0.4 is 14.8 Å². The number of nitrogens with zero attached hydrogens (tertiary/aromatic N) is 2. The fourth-order valence-corrected chi connectivity index (χ4v) is 4.21. The lowest BCUT2D eigenvalue weighted by Crippen LogP contribution is -2.24. The van der Waals surface area contributed by atoms with E-state index in [0.29, 0.717) is 35.3 Å². The predicted molar refractivity (Wildman–Crippen MR) is 118 cm³/mol. The molecular formula is C22H20ClN3O4S. The molecule has 7 nitrogen and oxygen atoms in total. The molecule has 2 heterocycles. The molecule has 1 fully saturated rings. The third-order valence-corrected chi connectivity index (χ3v) is 6.35. The number of halogens is 1. The second-order valence-electron chi connectivity index (χ2n) is 7.35. The first-order valence-electron chi connectivity index (χ1n) is 9.55. The average Bonchev–Trinajstić information content (AvgIpc) is 3.11. The van der Waals surface area contributed by atoms with E-state index < -0.39 is 10.0 Å². The van der Waals surface area contributed by atoms with Gasteiger partial charge in [-0.3, -0.25) is 4.79 Å². The molecule has 160 valence electrons. The summed E-state index contributed by atoms with van der Waals surface area (Å²) in [5.74, 6) is 0.806. The van der Waals surface area contributed by atoms with Gasteiger partial charge in [0.15, 0.2) is 0 Å². The van der Waals surface area contributed by atoms with Crippen molar-refractivity contribution >= 4 is 33.2 Å². The number of sulfonamides is 1. The lowest BCUT2D eigenvalue weighted by Gasteiger charge is -2.18. The summed E-state index contributed by atoms with van der Waals surface area (Å²) in [6.07, 6.45) is 0.320. The zero-order valence-corrected chi connectivity index (χ0v) is 18.2. The molecule has 0 unspecified atom stereocenters. The number of carbonyl (C=O) groups excluding carboxylic acids is 1. The molecule has 9 heteroatoms. The second kappa shape index (κ2) is 8.30. The van der Waals surface area contributed by atoms with Crippen molar-refractivity contribution in [3.63, 3.8) is 0 Å². The third kappa shape index (κ3) is 4.71. The number of carbonyl (C=O) groups is 1. The lowest BCUT2D eigenvalue weighted by atomic mass is 9.98. The smallest absolute Gasteiger partial charge is 0.238 e.